The summed E-state index contributed by atoms with van der Waals surface area (Å²) >= 11 is 0. The first-order valence-corrected chi connectivity index (χ1v) is 7.00. The van der Waals surface area contributed by atoms with Crippen LogP contribution < -0.4 is 10.6 Å². The van der Waals surface area contributed by atoms with E-state index in [4.69, 9.17) is 0 Å². The number of nitro benzene ring substituents is 1. The van der Waals surface area contributed by atoms with Gasteiger partial charge in [-0.2, -0.15) is 0 Å². The Balaban J connectivity index is 2.55. The highest BCUT2D eigenvalue weighted by Gasteiger charge is 2.10. The van der Waals surface area contributed by atoms with E-state index < -0.39 is 4.92 Å². The Morgan fingerprint density at radius 3 is 2.57 bits per heavy atom. The van der Waals surface area contributed by atoms with Gasteiger partial charge in [-0.15, -0.1) is 0 Å². The van der Waals surface area contributed by atoms with Crippen LogP contribution in [-0.4, -0.2) is 42.0 Å². The van der Waals surface area contributed by atoms with Gasteiger partial charge in [-0.25, -0.2) is 4.79 Å². The normalized spacial score (nSPS) is 10.5. The number of carbonyl (C=O) groups excluding carboxylic acids is 1. The number of hydrogen-bond donors (Lipinski definition) is 2. The molecule has 1 aromatic rings. The van der Waals surface area contributed by atoms with Crippen molar-refractivity contribution in [3.63, 3.8) is 0 Å². The second kappa shape index (κ2) is 8.21. The van der Waals surface area contributed by atoms with Gasteiger partial charge in [-0.1, -0.05) is 19.9 Å². The van der Waals surface area contributed by atoms with Crippen molar-refractivity contribution in [3.8, 4) is 0 Å². The van der Waals surface area contributed by atoms with Gasteiger partial charge in [0.15, 0.2) is 0 Å². The third-order valence-electron chi connectivity index (χ3n) is 3.29. The summed E-state index contributed by atoms with van der Waals surface area (Å²) in [5, 5.41) is 16.1. The number of non-ortho nitro benzene ring substituents is 1. The molecular weight excluding hydrogens is 272 g/mol. The van der Waals surface area contributed by atoms with Crippen LogP contribution in [0, 0.1) is 17.0 Å². The van der Waals surface area contributed by atoms with E-state index in [-0.39, 0.29) is 11.7 Å². The molecule has 0 fully saturated rings. The number of nitrogens with one attached hydrogen (secondary N) is 2. The van der Waals surface area contributed by atoms with Gasteiger partial charge >= 0.3 is 6.03 Å². The molecule has 0 unspecified atom stereocenters. The van der Waals surface area contributed by atoms with E-state index in [9.17, 15) is 14.9 Å². The molecule has 0 saturated heterocycles. The maximum Gasteiger partial charge on any atom is 0.319 e. The first kappa shape index (κ1) is 16.9. The van der Waals surface area contributed by atoms with Gasteiger partial charge in [0.25, 0.3) is 5.69 Å². The molecule has 0 heterocycles. The number of benzene rings is 1. The summed E-state index contributed by atoms with van der Waals surface area (Å²) in [7, 11) is 0. The molecule has 7 heteroatoms. The molecule has 7 nitrogen and oxygen atoms in total. The van der Waals surface area contributed by atoms with Crippen LogP contribution in [-0.2, 0) is 0 Å². The van der Waals surface area contributed by atoms with Crippen molar-refractivity contribution in [1.82, 2.24) is 10.2 Å². The van der Waals surface area contributed by atoms with E-state index in [0.717, 1.165) is 25.2 Å². The monoisotopic (exact) mass is 294 g/mol. The van der Waals surface area contributed by atoms with Gasteiger partial charge in [0.1, 0.15) is 0 Å². The Morgan fingerprint density at radius 1 is 1.33 bits per heavy atom. The van der Waals surface area contributed by atoms with Gasteiger partial charge < -0.3 is 15.5 Å². The van der Waals surface area contributed by atoms with Crippen molar-refractivity contribution in [2.45, 2.75) is 20.8 Å². The summed E-state index contributed by atoms with van der Waals surface area (Å²) in [6.45, 7) is 9.09. The molecule has 0 aromatic heterocycles. The minimum absolute atomic E-state index is 0.0426. The molecule has 0 spiro atoms. The largest absolute Gasteiger partial charge is 0.337 e. The van der Waals surface area contributed by atoms with E-state index in [0.29, 0.717) is 12.2 Å². The topological polar surface area (TPSA) is 87.5 Å². The smallest absolute Gasteiger partial charge is 0.319 e. The Hall–Kier alpha value is -2.15. The highest BCUT2D eigenvalue weighted by Crippen LogP contribution is 2.21. The number of nitrogens with zero attached hydrogens (tertiary/aromatic N) is 2. The molecule has 1 rings (SSSR count). The third kappa shape index (κ3) is 5.39. The Morgan fingerprint density at radius 2 is 2.00 bits per heavy atom. The fourth-order valence-electron chi connectivity index (χ4n) is 1.89. The number of rotatable bonds is 7. The number of amides is 2. The van der Waals surface area contributed by atoms with Gasteiger partial charge in [0, 0.05) is 25.2 Å². The van der Waals surface area contributed by atoms with E-state index >= 15 is 0 Å². The molecular formula is C14H22N4O3. The zero-order valence-corrected chi connectivity index (χ0v) is 12.7. The molecule has 0 aliphatic heterocycles. The maximum atomic E-state index is 11.8. The number of nitro groups is 1. The molecule has 0 aliphatic carbocycles. The SMILES string of the molecule is CCN(CC)CCNC(=O)Nc1cc([N+](=O)[O-])ccc1C. The summed E-state index contributed by atoms with van der Waals surface area (Å²) in [6, 6.07) is 4.03. The number of carbonyl (C=O) groups is 1. The highest BCUT2D eigenvalue weighted by molar-refractivity contribution is 5.90. The van der Waals surface area contributed by atoms with Crippen LogP contribution >= 0.6 is 0 Å². The molecule has 0 aliphatic rings. The lowest BCUT2D eigenvalue weighted by atomic mass is 10.2. The second-order valence-electron chi connectivity index (χ2n) is 4.66. The first-order valence-electron chi connectivity index (χ1n) is 7.00. The molecule has 0 atom stereocenters. The van der Waals surface area contributed by atoms with E-state index in [2.05, 4.69) is 29.4 Å². The molecule has 0 radical (unpaired) electrons. The summed E-state index contributed by atoms with van der Waals surface area (Å²) in [5.41, 5.74) is 1.18. The van der Waals surface area contributed by atoms with Crippen molar-refractivity contribution in [3.05, 3.63) is 33.9 Å². The lowest BCUT2D eigenvalue weighted by Gasteiger charge is -2.18. The van der Waals surface area contributed by atoms with Gasteiger partial charge in [-0.05, 0) is 25.6 Å². The number of urea groups is 1. The lowest BCUT2D eigenvalue weighted by Crippen LogP contribution is -2.37. The minimum atomic E-state index is -0.483. The van der Waals surface area contributed by atoms with Crippen LogP contribution in [0.4, 0.5) is 16.2 Å². The number of aryl methyl sites for hydroxylation is 1. The van der Waals surface area contributed by atoms with Crippen molar-refractivity contribution in [1.29, 1.82) is 0 Å². The van der Waals surface area contributed by atoms with E-state index in [1.807, 2.05) is 0 Å². The average Bonchev–Trinajstić information content (AvgIpc) is 2.45. The zero-order chi connectivity index (χ0) is 15.8. The Labute approximate surface area is 124 Å². The van der Waals surface area contributed by atoms with Crippen LogP contribution in [0.3, 0.4) is 0 Å². The fourth-order valence-corrected chi connectivity index (χ4v) is 1.89. The summed E-state index contributed by atoms with van der Waals surface area (Å²) in [5.74, 6) is 0. The number of hydrogen-bond acceptors (Lipinski definition) is 4. The van der Waals surface area contributed by atoms with E-state index in [1.165, 1.54) is 12.1 Å². The second-order valence-corrected chi connectivity index (χ2v) is 4.66. The van der Waals surface area contributed by atoms with Crippen molar-refractivity contribution < 1.29 is 9.72 Å². The summed E-state index contributed by atoms with van der Waals surface area (Å²) < 4.78 is 0. The predicted octanol–water partition coefficient (Wildman–Crippen LogP) is 2.37. The fraction of sp³-hybridized carbons (Fsp3) is 0.500. The van der Waals surface area contributed by atoms with Crippen LogP contribution in [0.1, 0.15) is 19.4 Å². The van der Waals surface area contributed by atoms with Crippen molar-refractivity contribution in [2.75, 3.05) is 31.5 Å². The summed E-state index contributed by atoms with van der Waals surface area (Å²) in [6.07, 6.45) is 0. The Kier molecular flexibility index (Phi) is 6.61. The van der Waals surface area contributed by atoms with Gasteiger partial charge in [0.2, 0.25) is 0 Å². The molecule has 2 N–H and O–H groups in total. The summed E-state index contributed by atoms with van der Waals surface area (Å²) in [4.78, 5) is 24.2. The number of likely N-dealkylation sites (N-methyl/N-ethyl adjacent to an activating group) is 1. The maximum absolute atomic E-state index is 11.8. The van der Waals surface area contributed by atoms with Crippen LogP contribution in [0.5, 0.6) is 0 Å². The molecule has 1 aromatic carbocycles. The van der Waals surface area contributed by atoms with Crippen LogP contribution in [0.15, 0.2) is 18.2 Å². The molecule has 116 valence electrons. The van der Waals surface area contributed by atoms with Crippen LogP contribution in [0.2, 0.25) is 0 Å². The third-order valence-corrected chi connectivity index (χ3v) is 3.29. The number of anilines is 1. The standard InChI is InChI=1S/C14H22N4O3/c1-4-17(5-2)9-8-15-14(19)16-13-10-12(18(20)21)7-6-11(13)3/h6-7,10H,4-5,8-9H2,1-3H3,(H2,15,16,19). The van der Waals surface area contributed by atoms with Gasteiger partial charge in [0.05, 0.1) is 10.6 Å². The van der Waals surface area contributed by atoms with Gasteiger partial charge in [-0.3, -0.25) is 10.1 Å². The van der Waals surface area contributed by atoms with Crippen molar-refractivity contribution in [2.24, 2.45) is 0 Å². The highest BCUT2D eigenvalue weighted by atomic mass is 16.6. The zero-order valence-electron chi connectivity index (χ0n) is 12.7. The molecule has 0 saturated carbocycles. The molecule has 21 heavy (non-hydrogen) atoms. The first-order chi connectivity index (χ1) is 9.97. The quantitative estimate of drug-likeness (QED) is 0.597. The van der Waals surface area contributed by atoms with Crippen molar-refractivity contribution >= 4 is 17.4 Å². The predicted molar refractivity (Wildman–Crippen MR) is 82.6 cm³/mol. The Bertz CT molecular complexity index is 501. The van der Waals surface area contributed by atoms with Crippen LogP contribution in [0.25, 0.3) is 0 Å². The average molecular weight is 294 g/mol. The minimum Gasteiger partial charge on any atom is -0.337 e. The molecule has 0 bridgehead atoms. The van der Waals surface area contributed by atoms with E-state index in [1.54, 1.807) is 13.0 Å². The molecule has 2 amide bonds. The lowest BCUT2D eigenvalue weighted by molar-refractivity contribution is -0.384.